The van der Waals surface area contributed by atoms with Crippen LogP contribution in [-0.4, -0.2) is 29.6 Å². The summed E-state index contributed by atoms with van der Waals surface area (Å²) in [6.45, 7) is 0. The van der Waals surface area contributed by atoms with E-state index in [9.17, 15) is 37.7 Å². The minimum Gasteiger partial charge on any atom is -0.469 e. The lowest BCUT2D eigenvalue weighted by molar-refractivity contribution is -0.385. The first-order valence-corrected chi connectivity index (χ1v) is 9.25. The van der Waals surface area contributed by atoms with E-state index in [1.807, 2.05) is 0 Å². The first-order valence-electron chi connectivity index (χ1n) is 8.87. The minimum atomic E-state index is -4.61. The van der Waals surface area contributed by atoms with Crippen molar-refractivity contribution < 1.29 is 42.0 Å². The van der Waals surface area contributed by atoms with Crippen LogP contribution >= 0.6 is 11.6 Å². The number of nitrogens with zero attached hydrogens (tertiary/aromatic N) is 1. The highest BCUT2D eigenvalue weighted by Crippen LogP contribution is 2.37. The third-order valence-corrected chi connectivity index (χ3v) is 4.45. The van der Waals surface area contributed by atoms with Crippen molar-refractivity contribution in [3.05, 3.63) is 62.7 Å². The van der Waals surface area contributed by atoms with E-state index in [4.69, 9.17) is 16.3 Å². The average Bonchev–Trinajstić information content (AvgIpc) is 2.72. The Bertz CT molecular complexity index is 1070. The topological polar surface area (TPSA) is 113 Å². The second kappa shape index (κ2) is 10.2. The van der Waals surface area contributed by atoms with Crippen molar-refractivity contribution in [3.8, 4) is 11.5 Å². The molecule has 2 aromatic rings. The molecule has 0 saturated heterocycles. The third-order valence-electron chi connectivity index (χ3n) is 4.15. The van der Waals surface area contributed by atoms with E-state index in [-0.39, 0.29) is 28.5 Å². The number of Topliss-reactive ketones (excluding diaryl/α,β-unsaturated/α-hetero) is 2. The zero-order valence-corrected chi connectivity index (χ0v) is 17.2. The molecule has 170 valence electrons. The van der Waals surface area contributed by atoms with Crippen LogP contribution in [0.3, 0.4) is 0 Å². The molecule has 0 saturated carbocycles. The number of nitro benzene ring substituents is 1. The number of ketones is 2. The Labute approximate surface area is 184 Å². The Kier molecular flexibility index (Phi) is 7.92. The standard InChI is InChI=1S/C20H15ClF3NO7/c1-31-19(28)9-12(26)3-6-17(27)14-10-13(4-5-16(14)25(29)30)32-18-7-2-11(8-15(18)21)20(22,23)24/h2,4-5,7-8,10H,3,6,9H2,1H3. The maximum absolute atomic E-state index is 12.8. The summed E-state index contributed by atoms with van der Waals surface area (Å²) in [6, 6.07) is 5.52. The molecule has 2 rings (SSSR count). The van der Waals surface area contributed by atoms with Crippen LogP contribution in [0, 0.1) is 10.1 Å². The molecule has 0 heterocycles. The van der Waals surface area contributed by atoms with Crippen LogP contribution in [0.25, 0.3) is 0 Å². The number of methoxy groups -OCH3 is 1. The fourth-order valence-electron chi connectivity index (χ4n) is 2.56. The quantitative estimate of drug-likeness (QED) is 0.162. The highest BCUT2D eigenvalue weighted by atomic mass is 35.5. The zero-order chi connectivity index (χ0) is 24.1. The van der Waals surface area contributed by atoms with Crippen molar-refractivity contribution in [2.75, 3.05) is 7.11 Å². The first-order chi connectivity index (χ1) is 14.9. The van der Waals surface area contributed by atoms with E-state index in [1.54, 1.807) is 0 Å². The zero-order valence-electron chi connectivity index (χ0n) is 16.4. The SMILES string of the molecule is COC(=O)CC(=O)CCC(=O)c1cc(Oc2ccc(C(F)(F)F)cc2Cl)ccc1[N+](=O)[O-]. The van der Waals surface area contributed by atoms with Crippen LogP contribution in [0.1, 0.15) is 35.2 Å². The molecule has 0 atom stereocenters. The number of nitro groups is 1. The van der Waals surface area contributed by atoms with Crippen LogP contribution in [0.2, 0.25) is 5.02 Å². The van der Waals surface area contributed by atoms with E-state index in [2.05, 4.69) is 4.74 Å². The maximum atomic E-state index is 12.8. The molecule has 32 heavy (non-hydrogen) atoms. The summed E-state index contributed by atoms with van der Waals surface area (Å²) in [4.78, 5) is 45.7. The van der Waals surface area contributed by atoms with E-state index in [1.165, 1.54) is 0 Å². The molecule has 0 aliphatic heterocycles. The van der Waals surface area contributed by atoms with E-state index in [0.29, 0.717) is 6.07 Å². The lowest BCUT2D eigenvalue weighted by Crippen LogP contribution is -2.12. The number of alkyl halides is 3. The van der Waals surface area contributed by atoms with E-state index in [0.717, 1.165) is 37.4 Å². The molecule has 0 aromatic heterocycles. The van der Waals surface area contributed by atoms with E-state index < -0.39 is 52.7 Å². The number of carbonyl (C=O) groups excluding carboxylic acids is 3. The molecule has 2 aromatic carbocycles. The number of rotatable bonds is 9. The molecule has 0 unspecified atom stereocenters. The van der Waals surface area contributed by atoms with Crippen LogP contribution in [0.5, 0.6) is 11.5 Å². The Morgan fingerprint density at radius 1 is 1.09 bits per heavy atom. The Hall–Kier alpha value is -3.47. The van der Waals surface area contributed by atoms with Gasteiger partial charge in [0.1, 0.15) is 23.7 Å². The Morgan fingerprint density at radius 3 is 2.34 bits per heavy atom. The van der Waals surface area contributed by atoms with Crippen molar-refractivity contribution in [2.24, 2.45) is 0 Å². The number of hydrogen-bond acceptors (Lipinski definition) is 7. The summed E-state index contributed by atoms with van der Waals surface area (Å²) in [5.41, 5.74) is -1.92. The molecule has 0 aliphatic carbocycles. The summed E-state index contributed by atoms with van der Waals surface area (Å²) in [6.07, 6.45) is -5.91. The van der Waals surface area contributed by atoms with Gasteiger partial charge in [0.15, 0.2) is 5.78 Å². The van der Waals surface area contributed by atoms with Gasteiger partial charge in [-0.1, -0.05) is 11.6 Å². The first kappa shape index (κ1) is 24.8. The van der Waals surface area contributed by atoms with Crippen molar-refractivity contribution in [1.82, 2.24) is 0 Å². The second-order valence-corrected chi connectivity index (χ2v) is 6.80. The van der Waals surface area contributed by atoms with Gasteiger partial charge in [-0.05, 0) is 30.3 Å². The summed E-state index contributed by atoms with van der Waals surface area (Å²) < 4.78 is 48.0. The van der Waals surface area contributed by atoms with Gasteiger partial charge < -0.3 is 9.47 Å². The van der Waals surface area contributed by atoms with Crippen molar-refractivity contribution >= 4 is 34.8 Å². The number of ether oxygens (including phenoxy) is 2. The molecule has 0 fully saturated rings. The number of halogens is 4. The second-order valence-electron chi connectivity index (χ2n) is 6.40. The number of hydrogen-bond donors (Lipinski definition) is 0. The molecule has 0 amide bonds. The summed E-state index contributed by atoms with van der Waals surface area (Å²) in [5, 5.41) is 10.9. The number of esters is 1. The highest BCUT2D eigenvalue weighted by Gasteiger charge is 2.31. The molecule has 0 bridgehead atoms. The molecule has 8 nitrogen and oxygen atoms in total. The average molecular weight is 474 g/mol. The largest absolute Gasteiger partial charge is 0.469 e. The Balaban J connectivity index is 2.24. The smallest absolute Gasteiger partial charge is 0.416 e. The van der Waals surface area contributed by atoms with Crippen LogP contribution in [-0.2, 0) is 20.5 Å². The van der Waals surface area contributed by atoms with Gasteiger partial charge >= 0.3 is 12.1 Å². The van der Waals surface area contributed by atoms with Crippen LogP contribution < -0.4 is 4.74 Å². The summed E-state index contributed by atoms with van der Waals surface area (Å²) in [5.74, 6) is -2.39. The van der Waals surface area contributed by atoms with E-state index >= 15 is 0 Å². The van der Waals surface area contributed by atoms with Gasteiger partial charge in [0, 0.05) is 18.9 Å². The molecular weight excluding hydrogens is 459 g/mol. The number of benzene rings is 2. The summed E-state index contributed by atoms with van der Waals surface area (Å²) in [7, 11) is 1.10. The monoisotopic (exact) mass is 473 g/mol. The van der Waals surface area contributed by atoms with Gasteiger partial charge in [0.2, 0.25) is 0 Å². The molecule has 0 radical (unpaired) electrons. The lowest BCUT2D eigenvalue weighted by Gasteiger charge is -2.12. The van der Waals surface area contributed by atoms with Gasteiger partial charge in [-0.3, -0.25) is 24.5 Å². The van der Waals surface area contributed by atoms with Crippen molar-refractivity contribution in [1.29, 1.82) is 0 Å². The van der Waals surface area contributed by atoms with Gasteiger partial charge in [-0.2, -0.15) is 13.2 Å². The molecule has 0 aliphatic rings. The Morgan fingerprint density at radius 2 is 1.78 bits per heavy atom. The predicted molar refractivity (Wildman–Crippen MR) is 105 cm³/mol. The van der Waals surface area contributed by atoms with Crippen molar-refractivity contribution in [2.45, 2.75) is 25.4 Å². The van der Waals surface area contributed by atoms with Gasteiger partial charge in [-0.15, -0.1) is 0 Å². The van der Waals surface area contributed by atoms with Crippen molar-refractivity contribution in [3.63, 3.8) is 0 Å². The lowest BCUT2D eigenvalue weighted by atomic mass is 10.0. The summed E-state index contributed by atoms with van der Waals surface area (Å²) >= 11 is 5.83. The van der Waals surface area contributed by atoms with Crippen LogP contribution in [0.15, 0.2) is 36.4 Å². The molecular formula is C20H15ClF3NO7. The molecule has 0 spiro atoms. The van der Waals surface area contributed by atoms with Gasteiger partial charge in [0.05, 0.1) is 28.2 Å². The van der Waals surface area contributed by atoms with Gasteiger partial charge in [-0.25, -0.2) is 0 Å². The fraction of sp³-hybridized carbons (Fsp3) is 0.250. The highest BCUT2D eigenvalue weighted by molar-refractivity contribution is 6.32. The molecule has 0 N–H and O–H groups in total. The maximum Gasteiger partial charge on any atom is 0.416 e. The minimum absolute atomic E-state index is 0.0958. The third kappa shape index (κ3) is 6.51. The fourth-order valence-corrected chi connectivity index (χ4v) is 2.78. The predicted octanol–water partition coefficient (Wildman–Crippen LogP) is 5.15. The molecule has 12 heteroatoms. The normalized spacial score (nSPS) is 11.0. The number of carbonyl (C=O) groups is 3. The van der Waals surface area contributed by atoms with Crippen LogP contribution in [0.4, 0.5) is 18.9 Å². The van der Waals surface area contributed by atoms with Gasteiger partial charge in [0.25, 0.3) is 5.69 Å².